The first-order valence-corrected chi connectivity index (χ1v) is 8.02. The normalized spacial score (nSPS) is 16.8. The number of benzene rings is 2. The Morgan fingerprint density at radius 1 is 1.29 bits per heavy atom. The molecule has 1 unspecified atom stereocenters. The minimum Gasteiger partial charge on any atom is -0.488 e. The fourth-order valence-corrected chi connectivity index (χ4v) is 2.70. The third-order valence-electron chi connectivity index (χ3n) is 3.93. The van der Waals surface area contributed by atoms with Gasteiger partial charge in [0.2, 0.25) is 0 Å². The van der Waals surface area contributed by atoms with Gasteiger partial charge in [-0.3, -0.25) is 0 Å². The molecule has 1 fully saturated rings. The van der Waals surface area contributed by atoms with E-state index in [1.54, 1.807) is 12.1 Å². The highest BCUT2D eigenvalue weighted by Crippen LogP contribution is 2.19. The Morgan fingerprint density at radius 2 is 2.08 bits per heavy atom. The second-order valence-corrected chi connectivity index (χ2v) is 5.99. The van der Waals surface area contributed by atoms with E-state index >= 15 is 0 Å². The van der Waals surface area contributed by atoms with Gasteiger partial charge in [0, 0.05) is 18.7 Å². The topological polar surface area (TPSA) is 67.8 Å². The highest BCUT2D eigenvalue weighted by atomic mass is 16.5. The highest BCUT2D eigenvalue weighted by molar-refractivity contribution is 5.89. The summed E-state index contributed by atoms with van der Waals surface area (Å²) in [6.45, 7) is 3.93. The molecule has 0 amide bonds. The summed E-state index contributed by atoms with van der Waals surface area (Å²) in [6.07, 6.45) is 1.08. The summed E-state index contributed by atoms with van der Waals surface area (Å²) in [5.74, 6) is -0.0721. The molecular weight excluding hydrogens is 306 g/mol. The Morgan fingerprint density at radius 3 is 2.75 bits per heavy atom. The van der Waals surface area contributed by atoms with Crippen LogP contribution in [-0.4, -0.2) is 30.4 Å². The van der Waals surface area contributed by atoms with Crippen molar-refractivity contribution in [3.8, 4) is 5.75 Å². The first-order chi connectivity index (χ1) is 11.6. The van der Waals surface area contributed by atoms with Gasteiger partial charge in [-0.1, -0.05) is 12.1 Å². The molecule has 1 atom stereocenters. The zero-order valence-electron chi connectivity index (χ0n) is 13.6. The van der Waals surface area contributed by atoms with Crippen molar-refractivity contribution in [1.82, 2.24) is 0 Å². The van der Waals surface area contributed by atoms with E-state index in [2.05, 4.69) is 5.32 Å². The van der Waals surface area contributed by atoms with Crippen LogP contribution < -0.4 is 10.1 Å². The lowest BCUT2D eigenvalue weighted by Crippen LogP contribution is -2.15. The van der Waals surface area contributed by atoms with Crippen molar-refractivity contribution in [2.75, 3.05) is 18.5 Å². The van der Waals surface area contributed by atoms with Crippen LogP contribution in [0, 0.1) is 6.92 Å². The first kappa shape index (κ1) is 16.3. The van der Waals surface area contributed by atoms with E-state index in [-0.39, 0.29) is 6.10 Å². The van der Waals surface area contributed by atoms with E-state index in [0.717, 1.165) is 35.6 Å². The Bertz CT molecular complexity index is 706. The fraction of sp³-hybridized carbons (Fsp3) is 0.316. The number of nitrogens with one attached hydrogen (secondary N) is 1. The number of carbonyl (C=O) groups is 1. The van der Waals surface area contributed by atoms with Crippen molar-refractivity contribution in [1.29, 1.82) is 0 Å². The lowest BCUT2D eigenvalue weighted by Gasteiger charge is -2.13. The van der Waals surface area contributed by atoms with Crippen LogP contribution in [0.2, 0.25) is 0 Å². The van der Waals surface area contributed by atoms with Crippen molar-refractivity contribution < 1.29 is 19.4 Å². The van der Waals surface area contributed by atoms with Crippen molar-refractivity contribution in [3.05, 3.63) is 59.2 Å². The largest absolute Gasteiger partial charge is 0.488 e. The Balaban J connectivity index is 1.59. The van der Waals surface area contributed by atoms with Crippen molar-refractivity contribution >= 4 is 11.7 Å². The Labute approximate surface area is 141 Å². The number of carboxylic acid groups (broad SMARTS) is 1. The average molecular weight is 327 g/mol. The molecule has 0 radical (unpaired) electrons. The maximum atomic E-state index is 11.1. The summed E-state index contributed by atoms with van der Waals surface area (Å²) in [5.41, 5.74) is 3.11. The van der Waals surface area contributed by atoms with Gasteiger partial charge in [0.05, 0.1) is 18.8 Å². The molecule has 1 saturated heterocycles. The number of anilines is 1. The second kappa shape index (κ2) is 7.36. The van der Waals surface area contributed by atoms with Crippen LogP contribution in [0.4, 0.5) is 5.69 Å². The lowest BCUT2D eigenvalue weighted by atomic mass is 10.1. The molecule has 5 heteroatoms. The van der Waals surface area contributed by atoms with E-state index in [1.165, 1.54) is 0 Å². The van der Waals surface area contributed by atoms with Gasteiger partial charge in [0.15, 0.2) is 0 Å². The molecule has 0 aromatic heterocycles. The number of hydrogen-bond acceptors (Lipinski definition) is 4. The highest BCUT2D eigenvalue weighted by Gasteiger charge is 2.16. The number of rotatable bonds is 6. The van der Waals surface area contributed by atoms with E-state index in [4.69, 9.17) is 14.6 Å². The van der Waals surface area contributed by atoms with Gasteiger partial charge < -0.3 is 19.9 Å². The van der Waals surface area contributed by atoms with E-state index in [1.807, 2.05) is 37.3 Å². The number of ether oxygens (including phenoxy) is 2. The number of carboxylic acids is 1. The minimum absolute atomic E-state index is 0.149. The fourth-order valence-electron chi connectivity index (χ4n) is 2.70. The lowest BCUT2D eigenvalue weighted by molar-refractivity contribution is 0.0697. The maximum absolute atomic E-state index is 11.1. The van der Waals surface area contributed by atoms with Gasteiger partial charge in [-0.05, 0) is 48.4 Å². The van der Waals surface area contributed by atoms with Crippen molar-refractivity contribution in [2.45, 2.75) is 26.0 Å². The molecule has 0 spiro atoms. The molecule has 5 nitrogen and oxygen atoms in total. The third kappa shape index (κ3) is 4.26. The summed E-state index contributed by atoms with van der Waals surface area (Å²) in [4.78, 5) is 11.1. The Kier molecular flexibility index (Phi) is 5.01. The monoisotopic (exact) mass is 327 g/mol. The number of aryl methyl sites for hydroxylation is 1. The van der Waals surface area contributed by atoms with Crippen LogP contribution in [0.3, 0.4) is 0 Å². The second-order valence-electron chi connectivity index (χ2n) is 5.99. The summed E-state index contributed by atoms with van der Waals surface area (Å²) in [6, 6.07) is 13.2. The predicted octanol–water partition coefficient (Wildman–Crippen LogP) is 3.47. The molecule has 0 bridgehead atoms. The van der Waals surface area contributed by atoms with Gasteiger partial charge in [0.25, 0.3) is 0 Å². The van der Waals surface area contributed by atoms with Gasteiger partial charge in [-0.25, -0.2) is 4.79 Å². The molecule has 3 rings (SSSR count). The van der Waals surface area contributed by atoms with Crippen molar-refractivity contribution in [2.24, 2.45) is 0 Å². The predicted molar refractivity (Wildman–Crippen MR) is 91.8 cm³/mol. The molecule has 1 aliphatic rings. The van der Waals surface area contributed by atoms with Crippen molar-refractivity contribution in [3.63, 3.8) is 0 Å². The summed E-state index contributed by atoms with van der Waals surface area (Å²) in [7, 11) is 0. The molecule has 1 aliphatic heterocycles. The third-order valence-corrected chi connectivity index (χ3v) is 3.93. The zero-order chi connectivity index (χ0) is 16.9. The summed E-state index contributed by atoms with van der Waals surface area (Å²) < 4.78 is 11.1. The van der Waals surface area contributed by atoms with Gasteiger partial charge >= 0.3 is 5.97 Å². The maximum Gasteiger partial charge on any atom is 0.335 e. The average Bonchev–Trinajstić information content (AvgIpc) is 3.07. The van der Waals surface area contributed by atoms with E-state index < -0.39 is 5.97 Å². The van der Waals surface area contributed by atoms with Crippen LogP contribution in [0.5, 0.6) is 5.75 Å². The molecule has 24 heavy (non-hydrogen) atoms. The van der Waals surface area contributed by atoms with Gasteiger partial charge in [-0.2, -0.15) is 0 Å². The first-order valence-electron chi connectivity index (χ1n) is 8.02. The minimum atomic E-state index is -0.917. The van der Waals surface area contributed by atoms with Gasteiger partial charge in [0.1, 0.15) is 11.9 Å². The molecular formula is C19H21NO4. The number of hydrogen-bond donors (Lipinski definition) is 2. The SMILES string of the molecule is Cc1cc(NCc2ccc(OC3CCOC3)cc2)cc(C(=O)O)c1. The molecule has 0 aliphatic carbocycles. The Hall–Kier alpha value is -2.53. The standard InChI is InChI=1S/C19H21NO4/c1-13-8-15(19(21)22)10-16(9-13)20-11-14-2-4-17(5-3-14)24-18-6-7-23-12-18/h2-5,8-10,18,20H,6-7,11-12H2,1H3,(H,21,22). The van der Waals surface area contributed by atoms with Crippen LogP contribution in [0.25, 0.3) is 0 Å². The van der Waals surface area contributed by atoms with E-state index in [0.29, 0.717) is 18.7 Å². The molecule has 2 N–H and O–H groups in total. The zero-order valence-corrected chi connectivity index (χ0v) is 13.6. The molecule has 1 heterocycles. The molecule has 2 aromatic rings. The van der Waals surface area contributed by atoms with Gasteiger partial charge in [-0.15, -0.1) is 0 Å². The molecule has 126 valence electrons. The number of aromatic carboxylic acids is 1. The molecule has 2 aromatic carbocycles. The van der Waals surface area contributed by atoms with Crippen LogP contribution in [-0.2, 0) is 11.3 Å². The van der Waals surface area contributed by atoms with Crippen LogP contribution >= 0.6 is 0 Å². The summed E-state index contributed by atoms with van der Waals surface area (Å²) in [5, 5.41) is 12.4. The quantitative estimate of drug-likeness (QED) is 0.850. The summed E-state index contributed by atoms with van der Waals surface area (Å²) >= 11 is 0. The smallest absolute Gasteiger partial charge is 0.335 e. The van der Waals surface area contributed by atoms with E-state index in [9.17, 15) is 4.79 Å². The van der Waals surface area contributed by atoms with Crippen LogP contribution in [0.15, 0.2) is 42.5 Å². The van der Waals surface area contributed by atoms with Crippen LogP contribution in [0.1, 0.15) is 27.9 Å². The molecule has 0 saturated carbocycles.